The highest BCUT2D eigenvalue weighted by Gasteiger charge is 1.85. The molecule has 0 bridgehead atoms. The molecular weight excluding hydrogens is 176 g/mol. The molecule has 0 fully saturated rings. The van der Waals surface area contributed by atoms with Crippen molar-refractivity contribution in [3.8, 4) is 0 Å². The molecule has 84 valence electrons. The molecule has 0 aromatic heterocycles. The molecule has 0 heterocycles. The van der Waals surface area contributed by atoms with Crippen LogP contribution in [-0.4, -0.2) is 63.8 Å². The fraction of sp³-hybridized carbons (Fsp3) is 0.800. The van der Waals surface area contributed by atoms with E-state index in [1.165, 1.54) is 0 Å². The average molecular weight is 200 g/mol. The third-order valence-electron chi connectivity index (χ3n) is 1.94. The van der Waals surface area contributed by atoms with E-state index in [0.29, 0.717) is 0 Å². The molecule has 0 aliphatic heterocycles. The summed E-state index contributed by atoms with van der Waals surface area (Å²) in [6.07, 6.45) is 0. The van der Waals surface area contributed by atoms with Crippen LogP contribution >= 0.6 is 0 Å². The van der Waals surface area contributed by atoms with Gasteiger partial charge in [0.25, 0.3) is 0 Å². The second-order valence-corrected chi connectivity index (χ2v) is 3.33. The smallest absolute Gasteiger partial charge is 0.0948 e. The molecule has 0 aromatic rings. The van der Waals surface area contributed by atoms with Crippen LogP contribution in [0.3, 0.4) is 0 Å². The zero-order chi connectivity index (χ0) is 11.7. The summed E-state index contributed by atoms with van der Waals surface area (Å²) in [5.74, 6) is 2.11. The molecule has 0 saturated carbocycles. The lowest BCUT2D eigenvalue weighted by molar-refractivity contribution is 0.617. The van der Waals surface area contributed by atoms with Crippen molar-refractivity contribution in [3.05, 3.63) is 0 Å². The van der Waals surface area contributed by atoms with Gasteiger partial charge in [-0.2, -0.15) is 0 Å². The first-order chi connectivity index (χ1) is 6.36. The van der Waals surface area contributed by atoms with Gasteiger partial charge >= 0.3 is 0 Å². The van der Waals surface area contributed by atoms with Gasteiger partial charge in [-0.25, -0.2) is 0 Å². The lowest BCUT2D eigenvalue weighted by Crippen LogP contribution is -2.17. The van der Waals surface area contributed by atoms with Crippen LogP contribution in [0.1, 0.15) is 13.8 Å². The first kappa shape index (κ1) is 15.4. The Kier molecular flexibility index (Phi) is 9.40. The zero-order valence-electron chi connectivity index (χ0n) is 10.8. The molecule has 0 aliphatic rings. The van der Waals surface area contributed by atoms with Crippen molar-refractivity contribution in [1.82, 2.24) is 9.80 Å². The largest absolute Gasteiger partial charge is 0.367 e. The first-order valence-corrected chi connectivity index (χ1v) is 4.58. The van der Waals surface area contributed by atoms with Crippen molar-refractivity contribution >= 4 is 11.7 Å². The Morgan fingerprint density at radius 1 is 0.714 bits per heavy atom. The summed E-state index contributed by atoms with van der Waals surface area (Å²) >= 11 is 0. The Hall–Kier alpha value is -1.06. The van der Waals surface area contributed by atoms with Crippen molar-refractivity contribution in [2.24, 2.45) is 9.98 Å². The minimum atomic E-state index is 1.06. The topological polar surface area (TPSA) is 31.2 Å². The fourth-order valence-corrected chi connectivity index (χ4v) is 0.400. The van der Waals surface area contributed by atoms with Crippen molar-refractivity contribution in [3.63, 3.8) is 0 Å². The summed E-state index contributed by atoms with van der Waals surface area (Å²) in [6.45, 7) is 3.94. The van der Waals surface area contributed by atoms with Gasteiger partial charge in [-0.3, -0.25) is 9.98 Å². The van der Waals surface area contributed by atoms with Crippen LogP contribution in [0.25, 0.3) is 0 Å². The van der Waals surface area contributed by atoms with Gasteiger partial charge in [-0.1, -0.05) is 0 Å². The summed E-state index contributed by atoms with van der Waals surface area (Å²) in [4.78, 5) is 11.8. The molecule has 0 unspecified atom stereocenters. The minimum Gasteiger partial charge on any atom is -0.367 e. The van der Waals surface area contributed by atoms with Crippen LogP contribution in [0.5, 0.6) is 0 Å². The van der Waals surface area contributed by atoms with Crippen LogP contribution in [0.4, 0.5) is 0 Å². The Labute approximate surface area is 88.3 Å². The van der Waals surface area contributed by atoms with Gasteiger partial charge in [0, 0.05) is 42.3 Å². The first-order valence-electron chi connectivity index (χ1n) is 4.58. The number of hydrogen-bond acceptors (Lipinski definition) is 2. The minimum absolute atomic E-state index is 1.06. The number of amidine groups is 2. The van der Waals surface area contributed by atoms with Crippen LogP contribution in [0.15, 0.2) is 9.98 Å². The van der Waals surface area contributed by atoms with Gasteiger partial charge in [0.1, 0.15) is 0 Å². The van der Waals surface area contributed by atoms with Gasteiger partial charge in [0.15, 0.2) is 0 Å². The SMILES string of the molecule is CN=C(C)N(C)C.CN=C(C)N(C)C. The molecule has 0 radical (unpaired) electrons. The van der Waals surface area contributed by atoms with Gasteiger partial charge in [0.05, 0.1) is 11.7 Å². The maximum absolute atomic E-state index is 3.93. The highest BCUT2D eigenvalue weighted by atomic mass is 15.1. The molecule has 4 nitrogen and oxygen atoms in total. The molecule has 14 heavy (non-hydrogen) atoms. The highest BCUT2D eigenvalue weighted by Crippen LogP contribution is 1.77. The third kappa shape index (κ3) is 9.03. The Balaban J connectivity index is 0. The summed E-state index contributed by atoms with van der Waals surface area (Å²) in [5.41, 5.74) is 0. The molecule has 0 aliphatic carbocycles. The molecule has 0 N–H and O–H groups in total. The van der Waals surface area contributed by atoms with Crippen LogP contribution < -0.4 is 0 Å². The van der Waals surface area contributed by atoms with Crippen molar-refractivity contribution in [2.75, 3.05) is 42.3 Å². The number of hydrogen-bond donors (Lipinski definition) is 0. The van der Waals surface area contributed by atoms with Gasteiger partial charge in [0.2, 0.25) is 0 Å². The lowest BCUT2D eigenvalue weighted by Gasteiger charge is -2.08. The molecule has 0 spiro atoms. The van der Waals surface area contributed by atoms with Crippen LogP contribution in [0.2, 0.25) is 0 Å². The zero-order valence-corrected chi connectivity index (χ0v) is 10.8. The maximum atomic E-state index is 3.93. The van der Waals surface area contributed by atoms with Gasteiger partial charge < -0.3 is 9.80 Å². The van der Waals surface area contributed by atoms with Crippen molar-refractivity contribution < 1.29 is 0 Å². The molecule has 0 atom stereocenters. The predicted molar refractivity (Wildman–Crippen MR) is 65.4 cm³/mol. The Morgan fingerprint density at radius 3 is 0.929 bits per heavy atom. The second-order valence-electron chi connectivity index (χ2n) is 3.33. The Morgan fingerprint density at radius 2 is 0.929 bits per heavy atom. The molecule has 0 saturated heterocycles. The van der Waals surface area contributed by atoms with E-state index in [1.807, 2.05) is 51.8 Å². The number of nitrogens with zero attached hydrogens (tertiary/aromatic N) is 4. The molecule has 4 heteroatoms. The normalized spacial score (nSPS) is 11.7. The van der Waals surface area contributed by atoms with E-state index in [1.54, 1.807) is 14.1 Å². The Bertz CT molecular complexity index is 170. The lowest BCUT2D eigenvalue weighted by atomic mass is 10.6. The quantitative estimate of drug-likeness (QED) is 0.434. The number of rotatable bonds is 0. The molecule has 0 rings (SSSR count). The van der Waals surface area contributed by atoms with E-state index in [2.05, 4.69) is 9.98 Å². The predicted octanol–water partition coefficient (Wildman–Crippen LogP) is 1.19. The second kappa shape index (κ2) is 8.53. The van der Waals surface area contributed by atoms with E-state index in [9.17, 15) is 0 Å². The van der Waals surface area contributed by atoms with Gasteiger partial charge in [-0.05, 0) is 13.8 Å². The van der Waals surface area contributed by atoms with E-state index in [4.69, 9.17) is 0 Å². The molecule has 0 amide bonds. The van der Waals surface area contributed by atoms with Crippen molar-refractivity contribution in [2.45, 2.75) is 13.8 Å². The van der Waals surface area contributed by atoms with Crippen LogP contribution in [-0.2, 0) is 0 Å². The standard InChI is InChI=1S/2C5H12N2/c2*1-5(6-2)7(3)4/h2*1-4H3. The monoisotopic (exact) mass is 200 g/mol. The summed E-state index contributed by atoms with van der Waals surface area (Å²) in [7, 11) is 11.5. The van der Waals surface area contributed by atoms with E-state index in [-0.39, 0.29) is 0 Å². The van der Waals surface area contributed by atoms with Crippen LogP contribution in [0, 0.1) is 0 Å². The average Bonchev–Trinajstić information content (AvgIpc) is 2.15. The molecule has 0 aromatic carbocycles. The fourth-order valence-electron chi connectivity index (χ4n) is 0.400. The van der Waals surface area contributed by atoms with Gasteiger partial charge in [-0.15, -0.1) is 0 Å². The summed E-state index contributed by atoms with van der Waals surface area (Å²) in [5, 5.41) is 0. The summed E-state index contributed by atoms with van der Waals surface area (Å²) < 4.78 is 0. The molecular formula is C10H24N4. The van der Waals surface area contributed by atoms with E-state index in [0.717, 1.165) is 11.7 Å². The van der Waals surface area contributed by atoms with E-state index < -0.39 is 0 Å². The third-order valence-corrected chi connectivity index (χ3v) is 1.94. The van der Waals surface area contributed by atoms with Crippen molar-refractivity contribution in [1.29, 1.82) is 0 Å². The number of aliphatic imine (C=N–C) groups is 2. The summed E-state index contributed by atoms with van der Waals surface area (Å²) in [6, 6.07) is 0. The van der Waals surface area contributed by atoms with E-state index >= 15 is 0 Å². The maximum Gasteiger partial charge on any atom is 0.0948 e. The highest BCUT2D eigenvalue weighted by molar-refractivity contribution is 5.79.